The van der Waals surface area contributed by atoms with Crippen LogP contribution in [0.15, 0.2) is 24.3 Å². The molecule has 0 aliphatic carbocycles. The first kappa shape index (κ1) is 12.8. The summed E-state index contributed by atoms with van der Waals surface area (Å²) in [5, 5.41) is 0. The number of hydrogen-bond donors (Lipinski definition) is 2. The van der Waals surface area contributed by atoms with Crippen molar-refractivity contribution in [1.82, 2.24) is 4.31 Å². The van der Waals surface area contributed by atoms with Crippen LogP contribution in [0.3, 0.4) is 0 Å². The molecule has 5 nitrogen and oxygen atoms in total. The minimum absolute atomic E-state index is 0.0914. The Morgan fingerprint density at radius 1 is 1.25 bits per heavy atom. The third kappa shape index (κ3) is 3.11. The van der Waals surface area contributed by atoms with E-state index in [2.05, 4.69) is 4.72 Å². The van der Waals surface area contributed by atoms with Gasteiger partial charge in [0.25, 0.3) is 0 Å². The Kier molecular flexibility index (Phi) is 3.77. The molecule has 1 aromatic carbocycles. The molecule has 0 spiro atoms. The maximum atomic E-state index is 11.8. The first-order valence-electron chi connectivity index (χ1n) is 4.94. The van der Waals surface area contributed by atoms with Crippen molar-refractivity contribution in [3.05, 3.63) is 24.3 Å². The van der Waals surface area contributed by atoms with Crippen molar-refractivity contribution in [3.8, 4) is 0 Å². The van der Waals surface area contributed by atoms with Gasteiger partial charge in [-0.2, -0.15) is 12.7 Å². The van der Waals surface area contributed by atoms with E-state index < -0.39 is 10.2 Å². The molecule has 1 aromatic rings. The number of nitrogens with one attached hydrogen (secondary N) is 1. The fourth-order valence-corrected chi connectivity index (χ4v) is 2.18. The van der Waals surface area contributed by atoms with Crippen molar-refractivity contribution in [2.75, 3.05) is 17.5 Å². The number of nitrogens with two attached hydrogens (primary N) is 1. The molecule has 0 fully saturated rings. The van der Waals surface area contributed by atoms with Crippen LogP contribution < -0.4 is 10.5 Å². The third-order valence-electron chi connectivity index (χ3n) is 2.26. The summed E-state index contributed by atoms with van der Waals surface area (Å²) in [6.45, 7) is 3.62. The van der Waals surface area contributed by atoms with Gasteiger partial charge in [-0.3, -0.25) is 4.72 Å². The summed E-state index contributed by atoms with van der Waals surface area (Å²) >= 11 is 0. The molecular weight excluding hydrogens is 226 g/mol. The van der Waals surface area contributed by atoms with Crippen LogP contribution in [0.4, 0.5) is 11.4 Å². The van der Waals surface area contributed by atoms with Gasteiger partial charge in [0.2, 0.25) is 0 Å². The van der Waals surface area contributed by atoms with E-state index >= 15 is 0 Å². The topological polar surface area (TPSA) is 75.4 Å². The van der Waals surface area contributed by atoms with Gasteiger partial charge in [0.1, 0.15) is 0 Å². The zero-order valence-electron chi connectivity index (χ0n) is 9.64. The van der Waals surface area contributed by atoms with Gasteiger partial charge in [0, 0.05) is 24.5 Å². The summed E-state index contributed by atoms with van der Waals surface area (Å²) in [5.41, 5.74) is 6.61. The second kappa shape index (κ2) is 4.71. The minimum atomic E-state index is -3.48. The van der Waals surface area contributed by atoms with Crippen molar-refractivity contribution in [1.29, 1.82) is 0 Å². The molecule has 0 aliphatic heterocycles. The molecule has 90 valence electrons. The molecule has 16 heavy (non-hydrogen) atoms. The maximum Gasteiger partial charge on any atom is 0.301 e. The lowest BCUT2D eigenvalue weighted by Gasteiger charge is -2.21. The molecule has 0 saturated carbocycles. The smallest absolute Gasteiger partial charge is 0.301 e. The Morgan fingerprint density at radius 3 is 2.19 bits per heavy atom. The third-order valence-corrected chi connectivity index (χ3v) is 3.94. The van der Waals surface area contributed by atoms with Crippen LogP contribution in [0.2, 0.25) is 0 Å². The standard InChI is InChI=1S/C10H17N3O2S/c1-8(2)13(3)16(14,15)12-10-6-4-9(11)5-7-10/h4-8,12H,11H2,1-3H3. The summed E-state index contributed by atoms with van der Waals surface area (Å²) in [7, 11) is -1.95. The van der Waals surface area contributed by atoms with Crippen LogP contribution in [0, 0.1) is 0 Å². The van der Waals surface area contributed by atoms with Crippen molar-refractivity contribution in [3.63, 3.8) is 0 Å². The number of nitrogen functional groups attached to an aromatic ring is 1. The lowest BCUT2D eigenvalue weighted by Crippen LogP contribution is -2.37. The Labute approximate surface area is 96.4 Å². The second-order valence-electron chi connectivity index (χ2n) is 3.84. The molecule has 6 heteroatoms. The van der Waals surface area contributed by atoms with Gasteiger partial charge in [0.15, 0.2) is 0 Å². The summed E-state index contributed by atoms with van der Waals surface area (Å²) in [4.78, 5) is 0. The molecule has 0 atom stereocenters. The van der Waals surface area contributed by atoms with Crippen LogP contribution >= 0.6 is 0 Å². The minimum Gasteiger partial charge on any atom is -0.399 e. The van der Waals surface area contributed by atoms with Crippen LogP contribution in [0.25, 0.3) is 0 Å². The van der Waals surface area contributed by atoms with E-state index in [4.69, 9.17) is 5.73 Å². The zero-order valence-corrected chi connectivity index (χ0v) is 10.5. The fraction of sp³-hybridized carbons (Fsp3) is 0.400. The monoisotopic (exact) mass is 243 g/mol. The molecule has 0 heterocycles. The summed E-state index contributed by atoms with van der Waals surface area (Å²) in [6.07, 6.45) is 0. The predicted octanol–water partition coefficient (Wildman–Crippen LogP) is 1.27. The van der Waals surface area contributed by atoms with Crippen molar-refractivity contribution >= 4 is 21.6 Å². The number of anilines is 2. The Balaban J connectivity index is 2.85. The van der Waals surface area contributed by atoms with E-state index in [1.165, 1.54) is 11.4 Å². The van der Waals surface area contributed by atoms with Gasteiger partial charge in [-0.05, 0) is 38.1 Å². The average Bonchev–Trinajstić information content (AvgIpc) is 2.20. The molecule has 0 amide bonds. The molecular formula is C10H17N3O2S. The zero-order chi connectivity index (χ0) is 12.3. The SMILES string of the molecule is CC(C)N(C)S(=O)(=O)Nc1ccc(N)cc1. The van der Waals surface area contributed by atoms with Gasteiger partial charge >= 0.3 is 10.2 Å². The van der Waals surface area contributed by atoms with Crippen molar-refractivity contribution < 1.29 is 8.42 Å². The summed E-state index contributed by atoms with van der Waals surface area (Å²) in [5.74, 6) is 0. The van der Waals surface area contributed by atoms with Gasteiger partial charge in [0.05, 0.1) is 0 Å². The lowest BCUT2D eigenvalue weighted by atomic mass is 10.3. The largest absolute Gasteiger partial charge is 0.399 e. The molecule has 0 aromatic heterocycles. The van der Waals surface area contributed by atoms with Crippen LogP contribution in [-0.2, 0) is 10.2 Å². The van der Waals surface area contributed by atoms with Crippen LogP contribution in [0.5, 0.6) is 0 Å². The van der Waals surface area contributed by atoms with E-state index in [-0.39, 0.29) is 6.04 Å². The Hall–Kier alpha value is -1.27. The fourth-order valence-electron chi connectivity index (χ4n) is 1.05. The van der Waals surface area contributed by atoms with Crippen molar-refractivity contribution in [2.24, 2.45) is 0 Å². The molecule has 0 unspecified atom stereocenters. The summed E-state index contributed by atoms with van der Waals surface area (Å²) in [6, 6.07) is 6.45. The van der Waals surface area contributed by atoms with E-state index in [1.54, 1.807) is 24.3 Å². The van der Waals surface area contributed by atoms with Crippen LogP contribution in [0.1, 0.15) is 13.8 Å². The highest BCUT2D eigenvalue weighted by Crippen LogP contribution is 2.14. The van der Waals surface area contributed by atoms with Gasteiger partial charge in [-0.25, -0.2) is 0 Å². The maximum absolute atomic E-state index is 11.8. The van der Waals surface area contributed by atoms with E-state index in [0.29, 0.717) is 11.4 Å². The highest BCUT2D eigenvalue weighted by atomic mass is 32.2. The van der Waals surface area contributed by atoms with Gasteiger partial charge in [-0.15, -0.1) is 0 Å². The highest BCUT2D eigenvalue weighted by Gasteiger charge is 2.19. The lowest BCUT2D eigenvalue weighted by molar-refractivity contribution is 0.414. The molecule has 3 N–H and O–H groups in total. The van der Waals surface area contributed by atoms with E-state index in [9.17, 15) is 8.42 Å². The normalized spacial score (nSPS) is 12.1. The number of rotatable bonds is 4. The molecule has 1 rings (SSSR count). The van der Waals surface area contributed by atoms with Crippen molar-refractivity contribution in [2.45, 2.75) is 19.9 Å². The van der Waals surface area contributed by atoms with Gasteiger partial charge < -0.3 is 5.73 Å². The number of hydrogen-bond acceptors (Lipinski definition) is 3. The molecule has 0 saturated heterocycles. The Morgan fingerprint density at radius 2 is 1.75 bits per heavy atom. The van der Waals surface area contributed by atoms with E-state index in [1.807, 2.05) is 13.8 Å². The average molecular weight is 243 g/mol. The van der Waals surface area contributed by atoms with Crippen LogP contribution in [-0.4, -0.2) is 25.8 Å². The highest BCUT2D eigenvalue weighted by molar-refractivity contribution is 7.90. The number of benzene rings is 1. The van der Waals surface area contributed by atoms with Gasteiger partial charge in [-0.1, -0.05) is 0 Å². The molecule has 0 bridgehead atoms. The summed E-state index contributed by atoms with van der Waals surface area (Å²) < 4.78 is 27.4. The first-order valence-corrected chi connectivity index (χ1v) is 6.38. The predicted molar refractivity (Wildman–Crippen MR) is 66.3 cm³/mol. The first-order chi connectivity index (χ1) is 7.33. The molecule has 0 aliphatic rings. The Bertz CT molecular complexity index is 440. The number of nitrogens with zero attached hydrogens (tertiary/aromatic N) is 1. The second-order valence-corrected chi connectivity index (χ2v) is 5.57. The van der Waals surface area contributed by atoms with E-state index in [0.717, 1.165) is 0 Å². The molecule has 0 radical (unpaired) electrons. The quantitative estimate of drug-likeness (QED) is 0.782.